The van der Waals surface area contributed by atoms with Crippen molar-refractivity contribution in [3.8, 4) is 0 Å². The highest BCUT2D eigenvalue weighted by molar-refractivity contribution is 9.10. The first-order chi connectivity index (χ1) is 8.77. The molecule has 18 heavy (non-hydrogen) atoms. The molecule has 2 aliphatic carbocycles. The average molecular weight is 312 g/mol. The number of aromatic nitrogens is 2. The second kappa shape index (κ2) is 4.97. The summed E-state index contributed by atoms with van der Waals surface area (Å²) >= 11 is 3.68. The Morgan fingerprint density at radius 3 is 2.78 bits per heavy atom. The van der Waals surface area contributed by atoms with Crippen LogP contribution < -0.4 is 5.32 Å². The molecule has 1 aromatic rings. The van der Waals surface area contributed by atoms with E-state index < -0.39 is 0 Å². The van der Waals surface area contributed by atoms with Gasteiger partial charge in [-0.15, -0.1) is 0 Å². The Balaban J connectivity index is 1.87. The van der Waals surface area contributed by atoms with Crippen LogP contribution in [0.1, 0.15) is 44.8 Å². The number of nitrogens with one attached hydrogen (secondary N) is 1. The predicted octanol–water partition coefficient (Wildman–Crippen LogP) is 3.36. The summed E-state index contributed by atoms with van der Waals surface area (Å²) in [4.78, 5) is 0. The number of nitrogens with zero attached hydrogens (tertiary/aromatic N) is 2. The van der Waals surface area contributed by atoms with Gasteiger partial charge >= 0.3 is 0 Å². The van der Waals surface area contributed by atoms with Crippen LogP contribution >= 0.6 is 15.9 Å². The maximum absolute atomic E-state index is 4.47. The van der Waals surface area contributed by atoms with Gasteiger partial charge in [-0.1, -0.05) is 13.3 Å². The molecule has 2 aliphatic rings. The van der Waals surface area contributed by atoms with Gasteiger partial charge in [0.15, 0.2) is 0 Å². The summed E-state index contributed by atoms with van der Waals surface area (Å²) in [6, 6.07) is 0.488. The molecule has 0 saturated heterocycles. The van der Waals surface area contributed by atoms with E-state index in [0.29, 0.717) is 6.04 Å². The minimum Gasteiger partial charge on any atom is -0.309 e. The molecule has 3 rings (SSSR count). The van der Waals surface area contributed by atoms with Gasteiger partial charge in [0.25, 0.3) is 0 Å². The van der Waals surface area contributed by atoms with E-state index in [9.17, 15) is 0 Å². The van der Waals surface area contributed by atoms with Crippen LogP contribution in [-0.2, 0) is 6.54 Å². The summed E-state index contributed by atoms with van der Waals surface area (Å²) in [5.41, 5.74) is 1.36. The van der Waals surface area contributed by atoms with E-state index in [4.69, 9.17) is 0 Å². The van der Waals surface area contributed by atoms with Crippen molar-refractivity contribution in [2.24, 2.45) is 17.8 Å². The standard InChI is InChI=1S/C14H22BrN3/c1-3-16-13(12-9-6-5-7-10(9)12)14-11(15)8-17-18(14)4-2/h8-10,12-13,16H,3-7H2,1-2H3. The third-order valence-corrected chi connectivity index (χ3v) is 5.32. The highest BCUT2D eigenvalue weighted by Crippen LogP contribution is 2.62. The molecule has 0 bridgehead atoms. The molecular formula is C14H22BrN3. The van der Waals surface area contributed by atoms with Crippen LogP contribution in [-0.4, -0.2) is 16.3 Å². The molecule has 0 radical (unpaired) electrons. The van der Waals surface area contributed by atoms with Crippen molar-refractivity contribution in [3.05, 3.63) is 16.4 Å². The van der Waals surface area contributed by atoms with Crippen molar-refractivity contribution in [1.29, 1.82) is 0 Å². The second-order valence-electron chi connectivity index (χ2n) is 5.56. The zero-order chi connectivity index (χ0) is 12.7. The van der Waals surface area contributed by atoms with Crippen molar-refractivity contribution in [3.63, 3.8) is 0 Å². The minimum atomic E-state index is 0.488. The van der Waals surface area contributed by atoms with Gasteiger partial charge in [0.05, 0.1) is 22.4 Å². The lowest BCUT2D eigenvalue weighted by atomic mass is 10.0. The Bertz CT molecular complexity index is 419. The molecule has 0 aliphatic heterocycles. The maximum Gasteiger partial charge on any atom is 0.0698 e. The number of hydrogen-bond donors (Lipinski definition) is 1. The van der Waals surface area contributed by atoms with E-state index in [-0.39, 0.29) is 0 Å². The molecule has 0 amide bonds. The van der Waals surface area contributed by atoms with E-state index in [0.717, 1.165) is 30.8 Å². The normalized spacial score (nSPS) is 31.4. The highest BCUT2D eigenvalue weighted by Gasteiger charge is 2.56. The first-order valence-electron chi connectivity index (χ1n) is 7.22. The van der Waals surface area contributed by atoms with Gasteiger partial charge in [0, 0.05) is 6.54 Å². The van der Waals surface area contributed by atoms with Gasteiger partial charge in [-0.2, -0.15) is 5.10 Å². The summed E-state index contributed by atoms with van der Waals surface area (Å²) in [7, 11) is 0. The molecule has 3 nitrogen and oxygen atoms in total. The maximum atomic E-state index is 4.47. The second-order valence-corrected chi connectivity index (χ2v) is 6.42. The van der Waals surface area contributed by atoms with E-state index in [1.807, 2.05) is 6.20 Å². The van der Waals surface area contributed by atoms with Gasteiger partial charge in [0.2, 0.25) is 0 Å². The lowest BCUT2D eigenvalue weighted by Gasteiger charge is -2.21. The number of halogens is 1. The van der Waals surface area contributed by atoms with E-state index in [1.54, 1.807) is 0 Å². The zero-order valence-corrected chi connectivity index (χ0v) is 12.8. The summed E-state index contributed by atoms with van der Waals surface area (Å²) in [6.07, 6.45) is 6.27. The van der Waals surface area contributed by atoms with E-state index >= 15 is 0 Å². The Kier molecular flexibility index (Phi) is 3.50. The molecule has 1 aromatic heterocycles. The van der Waals surface area contributed by atoms with Crippen LogP contribution in [0.5, 0.6) is 0 Å². The highest BCUT2D eigenvalue weighted by atomic mass is 79.9. The molecule has 0 spiro atoms. The molecule has 4 heteroatoms. The summed E-state index contributed by atoms with van der Waals surface area (Å²) in [5, 5.41) is 8.17. The molecule has 2 fully saturated rings. The van der Waals surface area contributed by atoms with Gasteiger partial charge < -0.3 is 5.32 Å². The van der Waals surface area contributed by atoms with Crippen LogP contribution in [0.4, 0.5) is 0 Å². The van der Waals surface area contributed by atoms with Gasteiger partial charge in [-0.3, -0.25) is 4.68 Å². The molecule has 1 heterocycles. The Morgan fingerprint density at radius 1 is 1.44 bits per heavy atom. The van der Waals surface area contributed by atoms with Crippen LogP contribution in [0.2, 0.25) is 0 Å². The van der Waals surface area contributed by atoms with Crippen LogP contribution in [0, 0.1) is 17.8 Å². The van der Waals surface area contributed by atoms with Gasteiger partial charge in [-0.05, 0) is 60.0 Å². The van der Waals surface area contributed by atoms with Crippen molar-refractivity contribution in [2.75, 3.05) is 6.54 Å². The smallest absolute Gasteiger partial charge is 0.0698 e. The Labute approximate surface area is 117 Å². The molecule has 100 valence electrons. The van der Waals surface area contributed by atoms with E-state index in [2.05, 4.69) is 44.9 Å². The average Bonchev–Trinajstić information content (AvgIpc) is 2.75. The molecule has 0 aromatic carbocycles. The van der Waals surface area contributed by atoms with Crippen LogP contribution in [0.25, 0.3) is 0 Å². The SMILES string of the molecule is CCNC(c1c(Br)cnn1CC)C1C2CCCC21. The quantitative estimate of drug-likeness (QED) is 0.903. The lowest BCUT2D eigenvalue weighted by Crippen LogP contribution is -2.27. The van der Waals surface area contributed by atoms with Gasteiger partial charge in [0.1, 0.15) is 0 Å². The van der Waals surface area contributed by atoms with Crippen molar-refractivity contribution in [1.82, 2.24) is 15.1 Å². The molecule has 1 N–H and O–H groups in total. The summed E-state index contributed by atoms with van der Waals surface area (Å²) in [6.45, 7) is 6.35. The van der Waals surface area contributed by atoms with E-state index in [1.165, 1.54) is 29.4 Å². The molecule has 2 saturated carbocycles. The first kappa shape index (κ1) is 12.7. The fraction of sp³-hybridized carbons (Fsp3) is 0.786. The molecule has 3 unspecified atom stereocenters. The third kappa shape index (κ3) is 1.94. The fourth-order valence-corrected chi connectivity index (χ4v) is 4.48. The van der Waals surface area contributed by atoms with Crippen molar-refractivity contribution < 1.29 is 0 Å². The fourth-order valence-electron chi connectivity index (χ4n) is 3.94. The van der Waals surface area contributed by atoms with Crippen LogP contribution in [0.15, 0.2) is 10.7 Å². The minimum absolute atomic E-state index is 0.488. The molecular weight excluding hydrogens is 290 g/mol. The zero-order valence-electron chi connectivity index (χ0n) is 11.2. The van der Waals surface area contributed by atoms with Crippen molar-refractivity contribution in [2.45, 2.75) is 45.7 Å². The lowest BCUT2D eigenvalue weighted by molar-refractivity contribution is 0.397. The topological polar surface area (TPSA) is 29.9 Å². The monoisotopic (exact) mass is 311 g/mol. The molecule has 3 atom stereocenters. The number of rotatable bonds is 5. The third-order valence-electron chi connectivity index (χ3n) is 4.71. The van der Waals surface area contributed by atoms with Crippen LogP contribution in [0.3, 0.4) is 0 Å². The summed E-state index contributed by atoms with van der Waals surface area (Å²) < 4.78 is 3.31. The van der Waals surface area contributed by atoms with Crippen molar-refractivity contribution >= 4 is 15.9 Å². The Morgan fingerprint density at radius 2 is 2.17 bits per heavy atom. The Hall–Kier alpha value is -0.350. The number of hydrogen-bond acceptors (Lipinski definition) is 2. The van der Waals surface area contributed by atoms with Gasteiger partial charge in [-0.25, -0.2) is 0 Å². The first-order valence-corrected chi connectivity index (χ1v) is 8.01. The number of fused-ring (bicyclic) bond motifs is 1. The number of aryl methyl sites for hydroxylation is 1. The largest absolute Gasteiger partial charge is 0.309 e. The summed E-state index contributed by atoms with van der Waals surface area (Å²) in [5.74, 6) is 2.79. The predicted molar refractivity (Wildman–Crippen MR) is 76.3 cm³/mol.